The fourth-order valence-corrected chi connectivity index (χ4v) is 3.76. The number of carboxylic acid groups (broad SMARTS) is 1. The predicted molar refractivity (Wildman–Crippen MR) is 126 cm³/mol. The number of aromatic hydroxyl groups is 2. The molecular formula is C22H28B2F2O10. The summed E-state index contributed by atoms with van der Waals surface area (Å²) in [5, 5.41) is 46.0. The van der Waals surface area contributed by atoms with Gasteiger partial charge in [0, 0.05) is 23.3 Å². The van der Waals surface area contributed by atoms with Crippen molar-refractivity contribution in [1.29, 1.82) is 0 Å². The molecule has 0 aliphatic carbocycles. The molecule has 0 spiro atoms. The van der Waals surface area contributed by atoms with Crippen molar-refractivity contribution in [3.8, 4) is 11.5 Å². The van der Waals surface area contributed by atoms with E-state index in [1.807, 2.05) is 0 Å². The van der Waals surface area contributed by atoms with Crippen LogP contribution in [0.4, 0.5) is 8.78 Å². The fourth-order valence-electron chi connectivity index (χ4n) is 3.76. The van der Waals surface area contributed by atoms with Crippen molar-refractivity contribution < 1.29 is 57.8 Å². The molecule has 4 rings (SSSR count). The molecule has 2 aliphatic rings. The molecular weight excluding hydrogens is 484 g/mol. The maximum absolute atomic E-state index is 13.7. The van der Waals surface area contributed by atoms with Crippen LogP contribution >= 0.6 is 0 Å². The Kier molecular flexibility index (Phi) is 10.9. The smallest absolute Gasteiger partial charge is 0.492 e. The van der Waals surface area contributed by atoms with Crippen molar-refractivity contribution in [3.63, 3.8) is 0 Å². The zero-order valence-electron chi connectivity index (χ0n) is 17.8. The maximum Gasteiger partial charge on any atom is 0.492 e. The summed E-state index contributed by atoms with van der Waals surface area (Å²) in [6.45, 7) is 1.88. The first-order valence-electron chi connectivity index (χ1n) is 10.1. The van der Waals surface area contributed by atoms with Crippen LogP contribution < -0.4 is 10.9 Å². The summed E-state index contributed by atoms with van der Waals surface area (Å²) >= 11 is 0. The van der Waals surface area contributed by atoms with E-state index in [0.717, 1.165) is 18.2 Å². The number of fused-ring (bicyclic) bond motifs is 2. The minimum Gasteiger partial charge on any atom is -0.508 e. The molecule has 2 aromatic rings. The lowest BCUT2D eigenvalue weighted by Gasteiger charge is -2.12. The first-order valence-corrected chi connectivity index (χ1v) is 10.1. The number of benzene rings is 2. The first kappa shape index (κ1) is 30.8. The molecule has 2 unspecified atom stereocenters. The van der Waals surface area contributed by atoms with Gasteiger partial charge in [-0.3, -0.25) is 9.59 Å². The van der Waals surface area contributed by atoms with Crippen LogP contribution in [0.15, 0.2) is 24.3 Å². The van der Waals surface area contributed by atoms with Crippen LogP contribution in [0.3, 0.4) is 0 Å². The quantitative estimate of drug-likeness (QED) is 0.292. The number of hydrogen-bond donors (Lipinski definition) is 5. The van der Waals surface area contributed by atoms with E-state index in [4.69, 9.17) is 24.3 Å². The Morgan fingerprint density at radius 2 is 1.31 bits per heavy atom. The molecule has 2 aliphatic heterocycles. The average molecular weight is 512 g/mol. The summed E-state index contributed by atoms with van der Waals surface area (Å²) in [6.07, 6.45) is -2.54. The summed E-state index contributed by atoms with van der Waals surface area (Å²) in [4.78, 5) is 21.9. The van der Waals surface area contributed by atoms with Crippen LogP contribution in [0.25, 0.3) is 0 Å². The molecule has 196 valence electrons. The minimum atomic E-state index is -1.40. The highest BCUT2D eigenvalue weighted by Crippen LogP contribution is 2.32. The van der Waals surface area contributed by atoms with E-state index in [0.29, 0.717) is 0 Å². The molecule has 0 fully saturated rings. The third kappa shape index (κ3) is 6.72. The third-order valence-corrected chi connectivity index (χ3v) is 5.07. The van der Waals surface area contributed by atoms with E-state index >= 15 is 0 Å². The van der Waals surface area contributed by atoms with Crippen molar-refractivity contribution in [2.24, 2.45) is 0 Å². The number of hydrogen-bond acceptors (Lipinski definition) is 9. The third-order valence-electron chi connectivity index (χ3n) is 5.07. The van der Waals surface area contributed by atoms with Gasteiger partial charge in [-0.15, -0.1) is 0 Å². The van der Waals surface area contributed by atoms with E-state index in [-0.39, 0.29) is 61.4 Å². The van der Waals surface area contributed by atoms with E-state index in [1.54, 1.807) is 6.92 Å². The van der Waals surface area contributed by atoms with Crippen LogP contribution in [0.1, 0.15) is 58.0 Å². The van der Waals surface area contributed by atoms with Gasteiger partial charge in [0.25, 0.3) is 0 Å². The predicted octanol–water partition coefficient (Wildman–Crippen LogP) is 1.28. The number of rotatable bonds is 5. The van der Waals surface area contributed by atoms with E-state index in [9.17, 15) is 33.5 Å². The number of phenols is 2. The standard InChI is InChI=1S/C11H12BFO5.C9H8BFO5.2CH4/c1-2-17-10(15)5-9-11-7(12(16)18-9)3-6(14)4-8(11)13;11-6-2-4(12)1-5-9(6)7(3-8(13)14)16-10(5)15;;/h3-4,9,14,16H,2,5H2,1H3;1-2,7,12,15H,3H2,(H,13,14);2*1H4. The average Bonchev–Trinajstić information content (AvgIpc) is 3.18. The second kappa shape index (κ2) is 12.7. The van der Waals surface area contributed by atoms with Gasteiger partial charge in [0.1, 0.15) is 23.1 Å². The number of ether oxygens (including phenoxy) is 1. The van der Waals surface area contributed by atoms with Gasteiger partial charge in [-0.25, -0.2) is 8.78 Å². The molecule has 36 heavy (non-hydrogen) atoms. The van der Waals surface area contributed by atoms with Crippen molar-refractivity contribution in [3.05, 3.63) is 47.0 Å². The number of carbonyl (C=O) groups is 2. The number of phenolic OH excluding ortho intramolecular Hbond substituents is 2. The Labute approximate surface area is 207 Å². The monoisotopic (exact) mass is 512 g/mol. The van der Waals surface area contributed by atoms with Gasteiger partial charge in [0.05, 0.1) is 31.7 Å². The van der Waals surface area contributed by atoms with Crippen molar-refractivity contribution in [2.75, 3.05) is 6.61 Å². The Bertz CT molecular complexity index is 1100. The SMILES string of the molecule is C.C.CCOC(=O)CC1OB(O)c2cc(O)cc(F)c21.O=C(O)CC1OB(O)c2cc(O)cc(F)c21. The highest BCUT2D eigenvalue weighted by atomic mass is 19.1. The molecule has 0 aromatic heterocycles. The minimum absolute atomic E-state index is 0. The second-order valence-electron chi connectivity index (χ2n) is 7.42. The van der Waals surface area contributed by atoms with Gasteiger partial charge >= 0.3 is 26.2 Å². The molecule has 5 N–H and O–H groups in total. The van der Waals surface area contributed by atoms with Gasteiger partial charge in [-0.2, -0.15) is 0 Å². The lowest BCUT2D eigenvalue weighted by Crippen LogP contribution is -2.28. The van der Waals surface area contributed by atoms with E-state index in [1.165, 1.54) is 6.07 Å². The lowest BCUT2D eigenvalue weighted by atomic mass is 9.79. The van der Waals surface area contributed by atoms with Crippen molar-refractivity contribution in [2.45, 2.75) is 46.8 Å². The first-order chi connectivity index (χ1) is 16.0. The molecule has 10 nitrogen and oxygen atoms in total. The van der Waals surface area contributed by atoms with Crippen LogP contribution in [0.2, 0.25) is 0 Å². The number of carbonyl (C=O) groups excluding carboxylic acids is 1. The van der Waals surface area contributed by atoms with Crippen LogP contribution in [-0.2, 0) is 23.6 Å². The van der Waals surface area contributed by atoms with Gasteiger partial charge in [0.15, 0.2) is 0 Å². The Morgan fingerprint density at radius 3 is 1.69 bits per heavy atom. The molecule has 14 heteroatoms. The highest BCUT2D eigenvalue weighted by molar-refractivity contribution is 6.62. The molecule has 0 bridgehead atoms. The number of halogens is 2. The van der Waals surface area contributed by atoms with Gasteiger partial charge in [0.2, 0.25) is 0 Å². The summed E-state index contributed by atoms with van der Waals surface area (Å²) in [5.41, 5.74) is 0.298. The summed E-state index contributed by atoms with van der Waals surface area (Å²) in [6, 6.07) is 4.15. The van der Waals surface area contributed by atoms with E-state index in [2.05, 4.69) is 0 Å². The second-order valence-corrected chi connectivity index (χ2v) is 7.42. The number of aliphatic carboxylic acids is 1. The molecule has 0 amide bonds. The fraction of sp³-hybridized carbons (Fsp3) is 0.364. The lowest BCUT2D eigenvalue weighted by molar-refractivity contribution is -0.145. The summed E-state index contributed by atoms with van der Waals surface area (Å²) in [7, 11) is -2.75. The van der Waals surface area contributed by atoms with Crippen LogP contribution in [0.5, 0.6) is 11.5 Å². The largest absolute Gasteiger partial charge is 0.508 e. The molecule has 0 saturated heterocycles. The van der Waals surface area contributed by atoms with Crippen molar-refractivity contribution in [1.82, 2.24) is 0 Å². The Morgan fingerprint density at radius 1 is 0.889 bits per heavy atom. The maximum atomic E-state index is 13.7. The molecule has 2 aromatic carbocycles. The molecule has 0 saturated carbocycles. The van der Waals surface area contributed by atoms with Gasteiger partial charge < -0.3 is 39.4 Å². The highest BCUT2D eigenvalue weighted by Gasteiger charge is 2.40. The molecule has 2 heterocycles. The number of esters is 1. The summed E-state index contributed by atoms with van der Waals surface area (Å²) < 4.78 is 41.9. The number of carboxylic acids is 1. The zero-order chi connectivity index (χ0) is 25.2. The summed E-state index contributed by atoms with van der Waals surface area (Å²) in [5.74, 6) is -3.82. The van der Waals surface area contributed by atoms with Gasteiger partial charge in [-0.05, 0) is 30.0 Å². The Balaban J connectivity index is 0.000000343. The van der Waals surface area contributed by atoms with Gasteiger partial charge in [-0.1, -0.05) is 14.9 Å². The van der Waals surface area contributed by atoms with Crippen LogP contribution in [0, 0.1) is 11.6 Å². The zero-order valence-corrected chi connectivity index (χ0v) is 17.8. The molecule has 0 radical (unpaired) electrons. The topological polar surface area (TPSA) is 163 Å². The van der Waals surface area contributed by atoms with E-state index < -0.39 is 56.4 Å². The van der Waals surface area contributed by atoms with Crippen LogP contribution in [-0.4, -0.2) is 58.1 Å². The van der Waals surface area contributed by atoms with Crippen molar-refractivity contribution >= 4 is 37.1 Å². The molecule has 2 atom stereocenters. The Hall–Kier alpha value is -3.19. The normalized spacial score (nSPS) is 17.1.